The largest absolute Gasteiger partial charge is 0.474 e. The van der Waals surface area contributed by atoms with Gasteiger partial charge in [-0.05, 0) is 30.3 Å². The fraction of sp³-hybridized carbons (Fsp3) is 0.0625. The van der Waals surface area contributed by atoms with Crippen molar-refractivity contribution in [1.29, 1.82) is 0 Å². The normalized spacial score (nSPS) is 10.8. The molecule has 8 nitrogen and oxygen atoms in total. The summed E-state index contributed by atoms with van der Waals surface area (Å²) in [5.41, 5.74) is 6.16. The highest BCUT2D eigenvalue weighted by Crippen LogP contribution is 2.37. The molecule has 0 aliphatic carbocycles. The van der Waals surface area contributed by atoms with Crippen molar-refractivity contribution in [2.24, 2.45) is 5.73 Å². The number of halogens is 1. The lowest BCUT2D eigenvalue weighted by Gasteiger charge is -2.07. The number of alkyl halides is 1. The van der Waals surface area contributed by atoms with E-state index in [0.717, 1.165) is 0 Å². The Kier molecular flexibility index (Phi) is 3.97. The molecular formula is C16H11FN2O6. The minimum absolute atomic E-state index is 0.0508. The number of furan rings is 1. The van der Waals surface area contributed by atoms with E-state index in [4.69, 9.17) is 20.0 Å². The van der Waals surface area contributed by atoms with Crippen molar-refractivity contribution >= 4 is 45.4 Å². The number of benzene rings is 2. The number of ether oxygens (including phenoxy) is 1. The summed E-state index contributed by atoms with van der Waals surface area (Å²) in [5, 5.41) is 11.5. The van der Waals surface area contributed by atoms with Crippen LogP contribution in [-0.4, -0.2) is 29.8 Å². The van der Waals surface area contributed by atoms with E-state index in [1.807, 2.05) is 0 Å². The van der Waals surface area contributed by atoms with Crippen molar-refractivity contribution in [1.82, 2.24) is 0 Å². The number of hydrogen-bond acceptors (Lipinski definition) is 5. The zero-order valence-corrected chi connectivity index (χ0v) is 12.5. The number of primary amides is 1. The summed E-state index contributed by atoms with van der Waals surface area (Å²) in [7, 11) is 0. The van der Waals surface area contributed by atoms with Crippen LogP contribution in [0, 0.1) is 0 Å². The number of nitrogens with one attached hydrogen (secondary N) is 1. The highest BCUT2D eigenvalue weighted by molar-refractivity contribution is 6.36. The van der Waals surface area contributed by atoms with E-state index in [0.29, 0.717) is 16.6 Å². The summed E-state index contributed by atoms with van der Waals surface area (Å²) < 4.78 is 22.9. The Hall–Kier alpha value is -3.62. The second kappa shape index (κ2) is 6.11. The first-order valence-corrected chi connectivity index (χ1v) is 6.94. The minimum Gasteiger partial charge on any atom is -0.474 e. The number of carbonyl (C=O) groups excluding carboxylic acids is 2. The molecule has 4 N–H and O–H groups in total. The first-order valence-electron chi connectivity index (χ1n) is 6.94. The monoisotopic (exact) mass is 346 g/mol. The number of fused-ring (bicyclic) bond motifs is 3. The van der Waals surface area contributed by atoms with Gasteiger partial charge in [-0.15, -0.1) is 0 Å². The Labute approximate surface area is 138 Å². The molecule has 0 aliphatic heterocycles. The van der Waals surface area contributed by atoms with Gasteiger partial charge in [-0.3, -0.25) is 9.59 Å². The van der Waals surface area contributed by atoms with E-state index in [1.165, 1.54) is 30.3 Å². The van der Waals surface area contributed by atoms with Gasteiger partial charge in [0.1, 0.15) is 16.9 Å². The number of carbonyl (C=O) groups is 3. The van der Waals surface area contributed by atoms with E-state index in [9.17, 15) is 18.8 Å². The molecule has 0 unspecified atom stereocenters. The Morgan fingerprint density at radius 1 is 1.20 bits per heavy atom. The van der Waals surface area contributed by atoms with Crippen LogP contribution in [0.4, 0.5) is 10.1 Å². The van der Waals surface area contributed by atoms with Crippen molar-refractivity contribution in [2.75, 3.05) is 12.2 Å². The summed E-state index contributed by atoms with van der Waals surface area (Å²) >= 11 is 0. The fourth-order valence-electron chi connectivity index (χ4n) is 2.54. The molecule has 0 bridgehead atoms. The van der Waals surface area contributed by atoms with Crippen molar-refractivity contribution in [3.8, 4) is 5.75 Å². The molecule has 3 rings (SSSR count). The Morgan fingerprint density at radius 3 is 2.56 bits per heavy atom. The van der Waals surface area contributed by atoms with Gasteiger partial charge >= 0.3 is 11.9 Å². The van der Waals surface area contributed by atoms with Crippen LogP contribution in [0.1, 0.15) is 10.4 Å². The van der Waals surface area contributed by atoms with Crippen LogP contribution >= 0.6 is 0 Å². The van der Waals surface area contributed by atoms with Crippen LogP contribution in [0.15, 0.2) is 34.7 Å². The molecule has 0 aliphatic rings. The number of anilines is 1. The van der Waals surface area contributed by atoms with Crippen molar-refractivity contribution < 1.29 is 33.0 Å². The second-order valence-electron chi connectivity index (χ2n) is 5.00. The molecule has 0 atom stereocenters. The third-order valence-corrected chi connectivity index (χ3v) is 3.51. The molecule has 0 fully saturated rings. The van der Waals surface area contributed by atoms with Crippen molar-refractivity contribution in [2.45, 2.75) is 0 Å². The zero-order valence-electron chi connectivity index (χ0n) is 12.5. The van der Waals surface area contributed by atoms with Gasteiger partial charge < -0.3 is 25.3 Å². The Balaban J connectivity index is 2.25. The van der Waals surface area contributed by atoms with E-state index >= 15 is 0 Å². The number of amides is 2. The summed E-state index contributed by atoms with van der Waals surface area (Å²) in [6, 6.07) is 7.20. The topological polar surface area (TPSA) is 132 Å². The highest BCUT2D eigenvalue weighted by atomic mass is 19.1. The molecule has 0 radical (unpaired) electrons. The third-order valence-electron chi connectivity index (χ3n) is 3.51. The Bertz CT molecular complexity index is 1030. The lowest BCUT2D eigenvalue weighted by Crippen LogP contribution is -2.21. The summed E-state index contributed by atoms with van der Waals surface area (Å²) in [5.74, 6) is -3.76. The molecule has 1 heterocycles. The predicted molar refractivity (Wildman–Crippen MR) is 85.1 cm³/mol. The van der Waals surface area contributed by atoms with E-state index in [-0.39, 0.29) is 22.4 Å². The number of nitrogens with two attached hydrogens (primary N) is 1. The van der Waals surface area contributed by atoms with Crippen LogP contribution in [-0.2, 0) is 9.59 Å². The van der Waals surface area contributed by atoms with Crippen molar-refractivity contribution in [3.05, 3.63) is 35.9 Å². The van der Waals surface area contributed by atoms with Crippen LogP contribution in [0.25, 0.3) is 21.9 Å². The molecule has 0 saturated heterocycles. The number of hydrogen-bond donors (Lipinski definition) is 3. The quantitative estimate of drug-likeness (QED) is 0.619. The lowest BCUT2D eigenvalue weighted by atomic mass is 10.0. The molecular weight excluding hydrogens is 335 g/mol. The molecule has 0 saturated carbocycles. The number of aliphatic carboxylic acids is 1. The SMILES string of the molecule is NC(=O)c1c(OCF)ccc2oc3ccc(NC(=O)C(=O)O)cc3c12. The molecule has 128 valence electrons. The molecule has 2 amide bonds. The van der Waals surface area contributed by atoms with Gasteiger partial charge in [0.25, 0.3) is 5.91 Å². The summed E-state index contributed by atoms with van der Waals surface area (Å²) in [6.07, 6.45) is 0. The molecule has 0 spiro atoms. The van der Waals surface area contributed by atoms with Crippen LogP contribution in [0.3, 0.4) is 0 Å². The second-order valence-corrected chi connectivity index (χ2v) is 5.00. The maximum absolute atomic E-state index is 12.5. The predicted octanol–water partition coefficient (Wildman–Crippen LogP) is 2.01. The van der Waals surface area contributed by atoms with Gasteiger partial charge in [-0.25, -0.2) is 9.18 Å². The number of carboxylic acid groups (broad SMARTS) is 1. The van der Waals surface area contributed by atoms with Crippen LogP contribution in [0.5, 0.6) is 5.75 Å². The zero-order chi connectivity index (χ0) is 18.1. The first kappa shape index (κ1) is 16.2. The molecule has 9 heteroatoms. The maximum atomic E-state index is 12.5. The molecule has 3 aromatic rings. The number of rotatable bonds is 4. The van der Waals surface area contributed by atoms with Gasteiger partial charge in [-0.1, -0.05) is 0 Å². The lowest BCUT2D eigenvalue weighted by molar-refractivity contribution is -0.147. The maximum Gasteiger partial charge on any atom is 0.394 e. The van der Waals surface area contributed by atoms with E-state index in [2.05, 4.69) is 5.32 Å². The van der Waals surface area contributed by atoms with Crippen LogP contribution < -0.4 is 15.8 Å². The average Bonchev–Trinajstić information content (AvgIpc) is 2.92. The van der Waals surface area contributed by atoms with E-state index < -0.39 is 24.6 Å². The standard InChI is InChI=1S/C16H11FN2O6/c17-6-24-10-3-4-11-12(13(10)14(18)20)8-5-7(1-2-9(8)25-11)19-15(21)16(22)23/h1-5H,6H2,(H2,18,20)(H,19,21)(H,22,23). The summed E-state index contributed by atoms with van der Waals surface area (Å²) in [6.45, 7) is -1.15. The highest BCUT2D eigenvalue weighted by Gasteiger charge is 2.20. The Morgan fingerprint density at radius 2 is 1.92 bits per heavy atom. The first-order chi connectivity index (χ1) is 11.9. The van der Waals surface area contributed by atoms with Gasteiger partial charge in [0.15, 0.2) is 0 Å². The van der Waals surface area contributed by atoms with Gasteiger partial charge in [-0.2, -0.15) is 0 Å². The van der Waals surface area contributed by atoms with E-state index in [1.54, 1.807) is 0 Å². The van der Waals surface area contributed by atoms with Gasteiger partial charge in [0.05, 0.1) is 5.56 Å². The third kappa shape index (κ3) is 2.82. The van der Waals surface area contributed by atoms with Gasteiger partial charge in [0.2, 0.25) is 6.86 Å². The average molecular weight is 346 g/mol. The smallest absolute Gasteiger partial charge is 0.394 e. The minimum atomic E-state index is -1.64. The van der Waals surface area contributed by atoms with Crippen molar-refractivity contribution in [3.63, 3.8) is 0 Å². The number of carboxylic acids is 1. The molecule has 25 heavy (non-hydrogen) atoms. The van der Waals surface area contributed by atoms with Gasteiger partial charge in [0, 0.05) is 16.5 Å². The fourth-order valence-corrected chi connectivity index (χ4v) is 2.54. The van der Waals surface area contributed by atoms with Crippen LogP contribution in [0.2, 0.25) is 0 Å². The summed E-state index contributed by atoms with van der Waals surface area (Å²) in [4.78, 5) is 33.8. The molecule has 1 aromatic heterocycles. The molecule has 2 aromatic carbocycles.